The molecule has 2 aliphatic rings. The van der Waals surface area contributed by atoms with Gasteiger partial charge >= 0.3 is 5.97 Å². The molecule has 7 atom stereocenters. The van der Waals surface area contributed by atoms with Gasteiger partial charge in [-0.3, -0.25) is 19.2 Å². The van der Waals surface area contributed by atoms with Gasteiger partial charge in [-0.05, 0) is 37.2 Å². The van der Waals surface area contributed by atoms with E-state index in [-0.39, 0.29) is 35.7 Å². The Labute approximate surface area is 194 Å². The van der Waals surface area contributed by atoms with E-state index < -0.39 is 30.0 Å². The minimum Gasteiger partial charge on any atom is -0.451 e. The van der Waals surface area contributed by atoms with E-state index in [4.69, 9.17) is 10.5 Å². The highest BCUT2D eigenvalue weighted by molar-refractivity contribution is 5.94. The molecule has 1 aromatic rings. The van der Waals surface area contributed by atoms with Gasteiger partial charge < -0.3 is 26.4 Å². The Morgan fingerprint density at radius 1 is 1.15 bits per heavy atom. The second-order valence-corrected chi connectivity index (χ2v) is 9.17. The summed E-state index contributed by atoms with van der Waals surface area (Å²) in [6.45, 7) is 5.81. The van der Waals surface area contributed by atoms with Crippen molar-refractivity contribution in [1.29, 1.82) is 0 Å². The lowest BCUT2D eigenvalue weighted by atomic mass is 9.83. The maximum absolute atomic E-state index is 12.8. The average molecular weight is 459 g/mol. The predicted octanol–water partition coefficient (Wildman–Crippen LogP) is 0.617. The number of carbonyl (C=O) groups is 4. The largest absolute Gasteiger partial charge is 0.451 e. The highest BCUT2D eigenvalue weighted by Crippen LogP contribution is 2.37. The highest BCUT2D eigenvalue weighted by atomic mass is 16.6. The third-order valence-electron chi connectivity index (χ3n) is 6.50. The van der Waals surface area contributed by atoms with Crippen LogP contribution in [0.4, 0.5) is 0 Å². The van der Waals surface area contributed by atoms with Crippen LogP contribution >= 0.6 is 0 Å². The number of hydrogen-bond donors (Lipinski definition) is 4. The van der Waals surface area contributed by atoms with E-state index in [1.165, 1.54) is 0 Å². The van der Waals surface area contributed by atoms with Gasteiger partial charge in [-0.1, -0.05) is 50.6 Å². The molecule has 5 N–H and O–H groups in total. The van der Waals surface area contributed by atoms with E-state index in [1.54, 1.807) is 6.92 Å². The van der Waals surface area contributed by atoms with Gasteiger partial charge in [0.15, 0.2) is 6.10 Å². The molecule has 9 nitrogen and oxygen atoms in total. The molecule has 1 aromatic carbocycles. The van der Waals surface area contributed by atoms with Crippen molar-refractivity contribution in [2.24, 2.45) is 23.5 Å². The molecule has 0 radical (unpaired) electrons. The Morgan fingerprint density at radius 3 is 2.45 bits per heavy atom. The smallest absolute Gasteiger partial charge is 0.314 e. The van der Waals surface area contributed by atoms with Crippen LogP contribution in [0, 0.1) is 17.8 Å². The van der Waals surface area contributed by atoms with Crippen molar-refractivity contribution in [3.63, 3.8) is 0 Å². The molecule has 0 bridgehead atoms. The topological polar surface area (TPSA) is 140 Å². The fraction of sp³-hybridized carbons (Fsp3) is 0.583. The molecule has 1 saturated heterocycles. The summed E-state index contributed by atoms with van der Waals surface area (Å²) in [5.74, 6) is -1.63. The summed E-state index contributed by atoms with van der Waals surface area (Å²) >= 11 is 0. The Bertz CT molecular complexity index is 875. The third kappa shape index (κ3) is 6.31. The monoisotopic (exact) mass is 458 g/mol. The predicted molar refractivity (Wildman–Crippen MR) is 121 cm³/mol. The number of ether oxygens (including phenoxy) is 1. The Morgan fingerprint density at radius 2 is 1.85 bits per heavy atom. The standard InChI is InChI=1S/C24H34N4O5/c1-4-13(2)19-20(33-24(19)32)23(31)27-17-10-16(17)11-18(28-21(29)14(3)25)22(30)26-12-15-8-6-5-7-9-15/h5-9,13-14,16-20H,4,10-12,25H2,1-3H3,(H,26,30)(H,27,31)(H,28,29). The van der Waals surface area contributed by atoms with Gasteiger partial charge in [-0.25, -0.2) is 0 Å². The van der Waals surface area contributed by atoms with Crippen LogP contribution in [0.5, 0.6) is 0 Å². The zero-order valence-corrected chi connectivity index (χ0v) is 19.4. The number of esters is 1. The summed E-state index contributed by atoms with van der Waals surface area (Å²) in [6, 6.07) is 7.87. The summed E-state index contributed by atoms with van der Waals surface area (Å²) < 4.78 is 5.09. The molecule has 1 aliphatic carbocycles. The fourth-order valence-electron chi connectivity index (χ4n) is 4.02. The second kappa shape index (κ2) is 10.8. The normalized spacial score (nSPS) is 26.1. The summed E-state index contributed by atoms with van der Waals surface area (Å²) in [4.78, 5) is 49.3. The first kappa shape index (κ1) is 24.7. The van der Waals surface area contributed by atoms with Crippen LogP contribution in [-0.2, 0) is 30.5 Å². The third-order valence-corrected chi connectivity index (χ3v) is 6.50. The number of carbonyl (C=O) groups excluding carboxylic acids is 4. The maximum atomic E-state index is 12.8. The first-order valence-electron chi connectivity index (χ1n) is 11.6. The minimum atomic E-state index is -0.756. The van der Waals surface area contributed by atoms with Crippen molar-refractivity contribution in [2.45, 2.75) is 70.8 Å². The van der Waals surface area contributed by atoms with Crippen LogP contribution in [0.3, 0.4) is 0 Å². The van der Waals surface area contributed by atoms with Crippen molar-refractivity contribution >= 4 is 23.7 Å². The molecule has 3 amide bonds. The van der Waals surface area contributed by atoms with E-state index >= 15 is 0 Å². The molecular formula is C24H34N4O5. The zero-order chi connectivity index (χ0) is 24.1. The number of benzene rings is 1. The SMILES string of the molecule is CCC(C)C1C(=O)OC1C(=O)NC1CC1CC(NC(=O)C(C)N)C(=O)NCc1ccccc1. The van der Waals surface area contributed by atoms with Gasteiger partial charge in [-0.2, -0.15) is 0 Å². The molecular weight excluding hydrogens is 424 g/mol. The zero-order valence-electron chi connectivity index (χ0n) is 19.4. The maximum Gasteiger partial charge on any atom is 0.314 e. The lowest BCUT2D eigenvalue weighted by Crippen LogP contribution is -2.56. The Balaban J connectivity index is 1.53. The van der Waals surface area contributed by atoms with Gasteiger partial charge in [-0.15, -0.1) is 0 Å². The molecule has 33 heavy (non-hydrogen) atoms. The number of cyclic esters (lactones) is 1. The Hall–Kier alpha value is -2.94. The number of amides is 3. The quantitative estimate of drug-likeness (QED) is 0.359. The van der Waals surface area contributed by atoms with Gasteiger partial charge in [0, 0.05) is 12.6 Å². The van der Waals surface area contributed by atoms with Crippen molar-refractivity contribution in [3.05, 3.63) is 35.9 Å². The van der Waals surface area contributed by atoms with Crippen molar-refractivity contribution in [2.75, 3.05) is 0 Å². The minimum absolute atomic E-state index is 0.0348. The number of rotatable bonds is 11. The van der Waals surface area contributed by atoms with Crippen molar-refractivity contribution < 1.29 is 23.9 Å². The van der Waals surface area contributed by atoms with E-state index in [9.17, 15) is 19.2 Å². The van der Waals surface area contributed by atoms with Crippen LogP contribution in [0.25, 0.3) is 0 Å². The number of hydrogen-bond acceptors (Lipinski definition) is 6. The summed E-state index contributed by atoms with van der Waals surface area (Å²) in [5.41, 5.74) is 6.61. The number of nitrogens with one attached hydrogen (secondary N) is 3. The van der Waals surface area contributed by atoms with E-state index in [0.717, 1.165) is 12.0 Å². The van der Waals surface area contributed by atoms with Gasteiger partial charge in [0.2, 0.25) is 11.8 Å². The fourth-order valence-corrected chi connectivity index (χ4v) is 4.02. The lowest BCUT2D eigenvalue weighted by Gasteiger charge is -2.37. The molecule has 2 fully saturated rings. The molecule has 1 heterocycles. The van der Waals surface area contributed by atoms with Crippen molar-refractivity contribution in [1.82, 2.24) is 16.0 Å². The molecule has 180 valence electrons. The Kier molecular flexibility index (Phi) is 8.07. The van der Waals surface area contributed by atoms with Crippen LogP contribution in [0.15, 0.2) is 30.3 Å². The van der Waals surface area contributed by atoms with Crippen LogP contribution in [-0.4, -0.2) is 47.9 Å². The van der Waals surface area contributed by atoms with E-state index in [2.05, 4.69) is 16.0 Å². The molecule has 1 saturated carbocycles. The van der Waals surface area contributed by atoms with Crippen LogP contribution < -0.4 is 21.7 Å². The first-order chi connectivity index (χ1) is 15.7. The van der Waals surface area contributed by atoms with E-state index in [1.807, 2.05) is 44.2 Å². The van der Waals surface area contributed by atoms with Gasteiger partial charge in [0.1, 0.15) is 12.0 Å². The van der Waals surface area contributed by atoms with Gasteiger partial charge in [0.25, 0.3) is 5.91 Å². The average Bonchev–Trinajstić information content (AvgIpc) is 3.52. The van der Waals surface area contributed by atoms with Crippen LogP contribution in [0.1, 0.15) is 45.6 Å². The van der Waals surface area contributed by atoms with Gasteiger partial charge in [0.05, 0.1) is 6.04 Å². The summed E-state index contributed by atoms with van der Waals surface area (Å²) in [5, 5.41) is 8.51. The molecule has 1 aliphatic heterocycles. The van der Waals surface area contributed by atoms with Crippen LogP contribution in [0.2, 0.25) is 0 Å². The van der Waals surface area contributed by atoms with E-state index in [0.29, 0.717) is 19.4 Å². The van der Waals surface area contributed by atoms with Crippen molar-refractivity contribution in [3.8, 4) is 0 Å². The first-order valence-corrected chi connectivity index (χ1v) is 11.6. The molecule has 3 rings (SSSR count). The summed E-state index contributed by atoms with van der Waals surface area (Å²) in [7, 11) is 0. The number of nitrogens with two attached hydrogens (primary N) is 1. The highest BCUT2D eigenvalue weighted by Gasteiger charge is 2.51. The lowest BCUT2D eigenvalue weighted by molar-refractivity contribution is -0.193. The molecule has 7 unspecified atom stereocenters. The molecule has 0 aromatic heterocycles. The summed E-state index contributed by atoms with van der Waals surface area (Å²) in [6.07, 6.45) is 1.10. The molecule has 0 spiro atoms. The second-order valence-electron chi connectivity index (χ2n) is 9.17. The molecule has 9 heteroatoms.